The minimum Gasteiger partial charge on any atom is -0.495 e. The Morgan fingerprint density at radius 3 is 2.29 bits per heavy atom. The van der Waals surface area contributed by atoms with E-state index >= 15 is 0 Å². The van der Waals surface area contributed by atoms with Gasteiger partial charge in [0.25, 0.3) is 0 Å². The molecule has 0 aliphatic carbocycles. The fraction of sp³-hybridized carbons (Fsp3) is 0.125. The number of ether oxygens (including phenoxy) is 1. The molecule has 0 unspecified atom stereocenters. The molecular weight excluding hydrogens is 268 g/mol. The van der Waals surface area contributed by atoms with Gasteiger partial charge in [-0.1, -0.05) is 0 Å². The first-order valence-corrected chi connectivity index (χ1v) is 6.33. The molecule has 2 aromatic rings. The summed E-state index contributed by atoms with van der Waals surface area (Å²) in [5.41, 5.74) is 7.96. The average molecular weight is 284 g/mol. The van der Waals surface area contributed by atoms with Gasteiger partial charge in [0.15, 0.2) is 5.78 Å². The first-order valence-electron chi connectivity index (χ1n) is 6.33. The molecule has 0 radical (unpaired) electrons. The van der Waals surface area contributed by atoms with E-state index in [1.54, 1.807) is 49.5 Å². The van der Waals surface area contributed by atoms with Gasteiger partial charge < -0.3 is 15.4 Å². The number of hydrogen-bond acceptors (Lipinski definition) is 4. The smallest absolute Gasteiger partial charge is 0.213 e. The maximum absolute atomic E-state index is 12.4. The molecule has 0 aliphatic heterocycles. The van der Waals surface area contributed by atoms with Gasteiger partial charge >= 0.3 is 0 Å². The third-order valence-corrected chi connectivity index (χ3v) is 3.19. The van der Waals surface area contributed by atoms with E-state index in [4.69, 9.17) is 10.5 Å². The van der Waals surface area contributed by atoms with Crippen LogP contribution in [0.15, 0.2) is 42.5 Å². The molecule has 2 aromatic carbocycles. The molecule has 0 aromatic heterocycles. The molecule has 0 atom stereocenters. The highest BCUT2D eigenvalue weighted by atomic mass is 16.5. The Labute approximate surface area is 122 Å². The van der Waals surface area contributed by atoms with Gasteiger partial charge in [-0.25, -0.2) is 0 Å². The molecule has 5 heteroatoms. The summed E-state index contributed by atoms with van der Waals surface area (Å²) >= 11 is 0. The molecule has 0 bridgehead atoms. The predicted molar refractivity (Wildman–Crippen MR) is 81.7 cm³/mol. The summed E-state index contributed by atoms with van der Waals surface area (Å²) in [5.74, 6) is 0.402. The number of nitrogens with zero attached hydrogens (tertiary/aromatic N) is 1. The van der Waals surface area contributed by atoms with Crippen LogP contribution >= 0.6 is 0 Å². The number of benzene rings is 2. The van der Waals surface area contributed by atoms with Crippen molar-refractivity contribution in [2.24, 2.45) is 0 Å². The molecule has 21 heavy (non-hydrogen) atoms. The van der Waals surface area contributed by atoms with E-state index in [9.17, 15) is 9.59 Å². The Bertz CT molecular complexity index is 666. The lowest BCUT2D eigenvalue weighted by molar-refractivity contribution is -0.107. The fourth-order valence-electron chi connectivity index (χ4n) is 1.95. The van der Waals surface area contributed by atoms with E-state index in [1.807, 2.05) is 0 Å². The second kappa shape index (κ2) is 6.09. The molecule has 108 valence electrons. The van der Waals surface area contributed by atoms with Gasteiger partial charge in [0.05, 0.1) is 12.8 Å². The number of rotatable bonds is 5. The number of anilines is 2. The monoisotopic (exact) mass is 284 g/mol. The molecule has 1 amide bonds. The van der Waals surface area contributed by atoms with Crippen LogP contribution in [0.3, 0.4) is 0 Å². The van der Waals surface area contributed by atoms with E-state index in [-0.39, 0.29) is 5.78 Å². The Morgan fingerprint density at radius 1 is 1.14 bits per heavy atom. The van der Waals surface area contributed by atoms with E-state index in [0.717, 1.165) is 5.69 Å². The number of methoxy groups -OCH3 is 1. The van der Waals surface area contributed by atoms with E-state index < -0.39 is 0 Å². The molecule has 0 heterocycles. The molecule has 0 fully saturated rings. The normalized spacial score (nSPS) is 10.0. The largest absolute Gasteiger partial charge is 0.495 e. The van der Waals surface area contributed by atoms with Gasteiger partial charge in [-0.15, -0.1) is 0 Å². The quantitative estimate of drug-likeness (QED) is 0.518. The number of carbonyl (C=O) groups is 2. The lowest BCUT2D eigenvalue weighted by Gasteiger charge is -2.11. The summed E-state index contributed by atoms with van der Waals surface area (Å²) in [6, 6.07) is 11.7. The van der Waals surface area contributed by atoms with E-state index in [0.29, 0.717) is 29.0 Å². The minimum absolute atomic E-state index is 0.135. The van der Waals surface area contributed by atoms with Gasteiger partial charge in [-0.3, -0.25) is 9.59 Å². The Balaban J connectivity index is 2.27. The maximum atomic E-state index is 12.4. The zero-order valence-corrected chi connectivity index (χ0v) is 11.9. The van der Waals surface area contributed by atoms with Crippen molar-refractivity contribution in [3.05, 3.63) is 53.6 Å². The Hall–Kier alpha value is -2.82. The maximum Gasteiger partial charge on any atom is 0.213 e. The number of ketones is 1. The molecule has 0 aliphatic rings. The highest BCUT2D eigenvalue weighted by Gasteiger charge is 2.11. The van der Waals surface area contributed by atoms with Crippen LogP contribution in [0.5, 0.6) is 5.75 Å². The minimum atomic E-state index is -0.135. The average Bonchev–Trinajstić information content (AvgIpc) is 2.53. The summed E-state index contributed by atoms with van der Waals surface area (Å²) < 4.78 is 5.06. The SMILES string of the molecule is COc1ccc(C(=O)c2ccc(N(C)C=O)cc2)cc1N. The highest BCUT2D eigenvalue weighted by Crippen LogP contribution is 2.24. The van der Waals surface area contributed by atoms with Crippen LogP contribution in [-0.4, -0.2) is 26.4 Å². The van der Waals surface area contributed by atoms with E-state index in [2.05, 4.69) is 0 Å². The first-order chi connectivity index (χ1) is 10.1. The zero-order chi connectivity index (χ0) is 15.4. The highest BCUT2D eigenvalue weighted by molar-refractivity contribution is 6.09. The molecular formula is C16H16N2O3. The third kappa shape index (κ3) is 3.02. The summed E-state index contributed by atoms with van der Waals surface area (Å²) in [7, 11) is 3.17. The van der Waals surface area contributed by atoms with Crippen molar-refractivity contribution in [2.75, 3.05) is 24.8 Å². The third-order valence-electron chi connectivity index (χ3n) is 3.19. The van der Waals surface area contributed by atoms with Gasteiger partial charge in [0.2, 0.25) is 6.41 Å². The molecule has 0 saturated heterocycles. The van der Waals surface area contributed by atoms with Crippen molar-refractivity contribution >= 4 is 23.6 Å². The molecule has 2 N–H and O–H groups in total. The van der Waals surface area contributed by atoms with Gasteiger partial charge in [0, 0.05) is 23.9 Å². The van der Waals surface area contributed by atoms with Crippen molar-refractivity contribution < 1.29 is 14.3 Å². The molecule has 5 nitrogen and oxygen atoms in total. The topological polar surface area (TPSA) is 72.6 Å². The van der Waals surface area contributed by atoms with Crippen molar-refractivity contribution in [3.8, 4) is 5.75 Å². The molecule has 0 spiro atoms. The van der Waals surface area contributed by atoms with Crippen LogP contribution in [0.25, 0.3) is 0 Å². The Kier molecular flexibility index (Phi) is 4.23. The van der Waals surface area contributed by atoms with Crippen molar-refractivity contribution in [3.63, 3.8) is 0 Å². The standard InChI is InChI=1S/C16H16N2O3/c1-18(10-19)13-6-3-11(4-7-13)16(20)12-5-8-15(21-2)14(17)9-12/h3-10H,17H2,1-2H3. The van der Waals surface area contributed by atoms with Crippen molar-refractivity contribution in [1.29, 1.82) is 0 Å². The van der Waals surface area contributed by atoms with Gasteiger partial charge in [0.1, 0.15) is 5.75 Å². The van der Waals surface area contributed by atoms with Crippen LogP contribution in [0.1, 0.15) is 15.9 Å². The number of carbonyl (C=O) groups excluding carboxylic acids is 2. The van der Waals surface area contributed by atoms with Gasteiger partial charge in [-0.05, 0) is 42.5 Å². The van der Waals surface area contributed by atoms with Gasteiger partial charge in [-0.2, -0.15) is 0 Å². The second-order valence-corrected chi connectivity index (χ2v) is 4.55. The summed E-state index contributed by atoms with van der Waals surface area (Å²) in [6.07, 6.45) is 0.709. The van der Waals surface area contributed by atoms with Crippen LogP contribution in [0.4, 0.5) is 11.4 Å². The number of amides is 1. The first kappa shape index (κ1) is 14.6. The number of hydrogen-bond donors (Lipinski definition) is 1. The summed E-state index contributed by atoms with van der Waals surface area (Å²) in [6.45, 7) is 0. The zero-order valence-electron chi connectivity index (χ0n) is 11.9. The second-order valence-electron chi connectivity index (χ2n) is 4.55. The van der Waals surface area contributed by atoms with Crippen LogP contribution in [0.2, 0.25) is 0 Å². The number of nitrogens with two attached hydrogens (primary N) is 1. The van der Waals surface area contributed by atoms with Crippen molar-refractivity contribution in [1.82, 2.24) is 0 Å². The number of nitrogen functional groups attached to an aromatic ring is 1. The van der Waals surface area contributed by atoms with Crippen molar-refractivity contribution in [2.45, 2.75) is 0 Å². The lowest BCUT2D eigenvalue weighted by atomic mass is 10.0. The van der Waals surface area contributed by atoms with E-state index in [1.165, 1.54) is 12.0 Å². The van der Waals surface area contributed by atoms with Crippen LogP contribution in [-0.2, 0) is 4.79 Å². The molecule has 0 saturated carbocycles. The Morgan fingerprint density at radius 2 is 1.76 bits per heavy atom. The summed E-state index contributed by atoms with van der Waals surface area (Å²) in [4.78, 5) is 24.5. The fourth-order valence-corrected chi connectivity index (χ4v) is 1.95. The van der Waals surface area contributed by atoms with Crippen LogP contribution in [0, 0.1) is 0 Å². The summed E-state index contributed by atoms with van der Waals surface area (Å²) in [5, 5.41) is 0. The van der Waals surface area contributed by atoms with Crippen LogP contribution < -0.4 is 15.4 Å². The predicted octanol–water partition coefficient (Wildman–Crippen LogP) is 2.10. The lowest BCUT2D eigenvalue weighted by Crippen LogP contribution is -2.13. The molecule has 2 rings (SSSR count).